The molecule has 30 heavy (non-hydrogen) atoms. The monoisotopic (exact) mass is 460 g/mol. The van der Waals surface area contributed by atoms with Crippen molar-refractivity contribution in [2.75, 3.05) is 13.2 Å². The summed E-state index contributed by atoms with van der Waals surface area (Å²) >= 11 is 0. The molecule has 174 valence electrons. The number of carbonyl (C=O) groups excluding carboxylic acids is 2. The SMILES string of the molecule is CCCCCCCCOC(=O)CC(C)(C(=O)OCCCCCCCC)S(=O)(=O)O.[NaH]. The van der Waals surface area contributed by atoms with E-state index in [4.69, 9.17) is 9.47 Å². The van der Waals surface area contributed by atoms with E-state index < -0.39 is 33.2 Å². The number of esters is 2. The Bertz CT molecular complexity index is 566. The van der Waals surface area contributed by atoms with Gasteiger partial charge in [-0.1, -0.05) is 78.1 Å². The molecule has 0 aromatic heterocycles. The molecule has 1 N–H and O–H groups in total. The van der Waals surface area contributed by atoms with Gasteiger partial charge in [-0.15, -0.1) is 0 Å². The third-order valence-electron chi connectivity index (χ3n) is 4.97. The molecule has 0 saturated heterocycles. The third kappa shape index (κ3) is 14.0. The molecule has 0 aliphatic heterocycles. The van der Waals surface area contributed by atoms with Gasteiger partial charge in [0.2, 0.25) is 4.75 Å². The van der Waals surface area contributed by atoms with Crippen LogP contribution in [0.5, 0.6) is 0 Å². The van der Waals surface area contributed by atoms with Crippen molar-refractivity contribution in [1.29, 1.82) is 0 Å². The Morgan fingerprint density at radius 3 is 1.60 bits per heavy atom. The van der Waals surface area contributed by atoms with Crippen LogP contribution < -0.4 is 0 Å². The molecule has 7 nitrogen and oxygen atoms in total. The fraction of sp³-hybridized carbons (Fsp3) is 0.905. The van der Waals surface area contributed by atoms with E-state index >= 15 is 0 Å². The molecule has 0 radical (unpaired) electrons. The van der Waals surface area contributed by atoms with Crippen molar-refractivity contribution in [2.45, 2.75) is 109 Å². The molecule has 0 aliphatic rings. The fourth-order valence-corrected chi connectivity index (χ4v) is 3.43. The van der Waals surface area contributed by atoms with E-state index in [0.717, 1.165) is 64.7 Å². The van der Waals surface area contributed by atoms with Gasteiger partial charge in [-0.3, -0.25) is 14.1 Å². The first-order valence-electron chi connectivity index (χ1n) is 11.0. The molecule has 0 heterocycles. The van der Waals surface area contributed by atoms with E-state index in [1.807, 2.05) is 0 Å². The van der Waals surface area contributed by atoms with Gasteiger partial charge in [-0.2, -0.15) is 8.42 Å². The summed E-state index contributed by atoms with van der Waals surface area (Å²) in [4.78, 5) is 24.3. The zero-order valence-electron chi connectivity index (χ0n) is 18.4. The van der Waals surface area contributed by atoms with E-state index in [0.29, 0.717) is 12.8 Å². The van der Waals surface area contributed by atoms with E-state index in [1.54, 1.807) is 0 Å². The van der Waals surface area contributed by atoms with Crippen molar-refractivity contribution in [1.82, 2.24) is 0 Å². The summed E-state index contributed by atoms with van der Waals surface area (Å²) in [6.07, 6.45) is 11.2. The number of ether oxygens (including phenoxy) is 2. The van der Waals surface area contributed by atoms with Gasteiger partial charge in [-0.05, 0) is 19.8 Å². The first-order chi connectivity index (χ1) is 13.7. The van der Waals surface area contributed by atoms with Crippen molar-refractivity contribution in [3.63, 3.8) is 0 Å². The Balaban J connectivity index is 0. The van der Waals surface area contributed by atoms with Crippen LogP contribution in [0.2, 0.25) is 0 Å². The summed E-state index contributed by atoms with van der Waals surface area (Å²) < 4.78 is 40.8. The van der Waals surface area contributed by atoms with Crippen molar-refractivity contribution >= 4 is 51.6 Å². The van der Waals surface area contributed by atoms with E-state index in [-0.39, 0.29) is 42.8 Å². The average molecular weight is 461 g/mol. The summed E-state index contributed by atoms with van der Waals surface area (Å²) in [5.41, 5.74) is 0. The summed E-state index contributed by atoms with van der Waals surface area (Å²) in [6, 6.07) is 0. The molecule has 0 rings (SSSR count). The van der Waals surface area contributed by atoms with Gasteiger partial charge in [0.25, 0.3) is 10.1 Å². The van der Waals surface area contributed by atoms with E-state index in [9.17, 15) is 22.6 Å². The molecule has 0 saturated carbocycles. The molecular weight excluding hydrogens is 419 g/mol. The maximum absolute atomic E-state index is 12.3. The first kappa shape index (κ1) is 32.0. The molecule has 0 fully saturated rings. The van der Waals surface area contributed by atoms with Gasteiger partial charge in [0.15, 0.2) is 0 Å². The normalized spacial score (nSPS) is 13.2. The van der Waals surface area contributed by atoms with Gasteiger partial charge < -0.3 is 9.47 Å². The van der Waals surface area contributed by atoms with Crippen LogP contribution in [0.4, 0.5) is 0 Å². The van der Waals surface area contributed by atoms with Crippen LogP contribution in [0, 0.1) is 0 Å². The summed E-state index contributed by atoms with van der Waals surface area (Å²) in [7, 11) is -4.83. The molecule has 0 aliphatic carbocycles. The maximum atomic E-state index is 12.3. The summed E-state index contributed by atoms with van der Waals surface area (Å²) in [5, 5.41) is 0. The van der Waals surface area contributed by atoms with Gasteiger partial charge >= 0.3 is 41.5 Å². The Morgan fingerprint density at radius 1 is 0.767 bits per heavy atom. The van der Waals surface area contributed by atoms with Gasteiger partial charge in [0, 0.05) is 0 Å². The molecule has 0 aromatic carbocycles. The quantitative estimate of drug-likeness (QED) is 0.141. The van der Waals surface area contributed by atoms with Crippen molar-refractivity contribution < 1.29 is 32.0 Å². The Hall–Kier alpha value is -0.150. The van der Waals surface area contributed by atoms with Crippen LogP contribution in [-0.4, -0.2) is 72.4 Å². The van der Waals surface area contributed by atoms with Crippen LogP contribution >= 0.6 is 0 Å². The Morgan fingerprint density at radius 2 is 1.17 bits per heavy atom. The second-order valence-electron chi connectivity index (χ2n) is 7.77. The molecule has 0 spiro atoms. The number of carbonyl (C=O) groups is 2. The van der Waals surface area contributed by atoms with Crippen LogP contribution in [0.15, 0.2) is 0 Å². The van der Waals surface area contributed by atoms with E-state index in [2.05, 4.69) is 13.8 Å². The standard InChI is InChI=1S/C21H40O7S.Na.H/c1-4-6-8-10-12-14-16-27-19(22)18-21(3,29(24,25)26)20(23)28-17-15-13-11-9-7-5-2;;/h4-18H2,1-3H3,(H,24,25,26);;. The number of hydrogen-bond donors (Lipinski definition) is 1. The molecule has 0 aromatic rings. The van der Waals surface area contributed by atoms with Crippen molar-refractivity contribution in [3.05, 3.63) is 0 Å². The first-order valence-corrected chi connectivity index (χ1v) is 12.4. The molecule has 9 heteroatoms. The predicted molar refractivity (Wildman–Crippen MR) is 120 cm³/mol. The second-order valence-corrected chi connectivity index (χ2v) is 9.63. The third-order valence-corrected chi connectivity index (χ3v) is 6.42. The van der Waals surface area contributed by atoms with Crippen LogP contribution in [-0.2, 0) is 29.2 Å². The second kappa shape index (κ2) is 18.4. The van der Waals surface area contributed by atoms with Gasteiger partial charge in [-0.25, -0.2) is 0 Å². The van der Waals surface area contributed by atoms with Crippen molar-refractivity contribution in [3.8, 4) is 0 Å². The number of rotatable bonds is 18. The zero-order chi connectivity index (χ0) is 22.2. The minimum atomic E-state index is -4.83. The number of hydrogen-bond acceptors (Lipinski definition) is 6. The van der Waals surface area contributed by atoms with Gasteiger partial charge in [0.05, 0.1) is 19.6 Å². The molecular formula is C21H41NaO7S. The van der Waals surface area contributed by atoms with Gasteiger partial charge in [0.1, 0.15) is 0 Å². The Kier molecular flexibility index (Phi) is 19.7. The van der Waals surface area contributed by atoms with Crippen molar-refractivity contribution in [2.24, 2.45) is 0 Å². The predicted octanol–water partition coefficient (Wildman–Crippen LogP) is 4.18. The average Bonchev–Trinajstić information content (AvgIpc) is 2.65. The topological polar surface area (TPSA) is 107 Å². The summed E-state index contributed by atoms with van der Waals surface area (Å²) in [6.45, 7) is 5.48. The van der Waals surface area contributed by atoms with E-state index in [1.165, 1.54) is 6.42 Å². The summed E-state index contributed by atoms with van der Waals surface area (Å²) in [5.74, 6) is -1.96. The molecule has 1 unspecified atom stereocenters. The fourth-order valence-electron chi connectivity index (χ4n) is 2.86. The molecule has 0 bridgehead atoms. The van der Waals surface area contributed by atoms with Crippen LogP contribution in [0.1, 0.15) is 104 Å². The number of unbranched alkanes of at least 4 members (excludes halogenated alkanes) is 10. The van der Waals surface area contributed by atoms with Crippen LogP contribution in [0.3, 0.4) is 0 Å². The molecule has 0 amide bonds. The minimum absolute atomic E-state index is 0. The Labute approximate surface area is 205 Å². The zero-order valence-corrected chi connectivity index (χ0v) is 19.2. The molecule has 1 atom stereocenters. The van der Waals surface area contributed by atoms with Crippen LogP contribution in [0.25, 0.3) is 0 Å².